The fourth-order valence-corrected chi connectivity index (χ4v) is 3.23. The van der Waals surface area contributed by atoms with E-state index in [1.54, 1.807) is 0 Å². The lowest BCUT2D eigenvalue weighted by Crippen LogP contribution is -2.46. The summed E-state index contributed by atoms with van der Waals surface area (Å²) in [5.41, 5.74) is 0.477. The second-order valence-corrected chi connectivity index (χ2v) is 7.02. The molecule has 0 aromatic rings. The van der Waals surface area contributed by atoms with Crippen LogP contribution in [-0.4, -0.2) is 24.5 Å². The molecule has 0 aromatic heterocycles. The van der Waals surface area contributed by atoms with Crippen LogP contribution in [0.25, 0.3) is 0 Å². The number of amides is 1. The van der Waals surface area contributed by atoms with Crippen molar-refractivity contribution < 1.29 is 4.79 Å². The maximum Gasteiger partial charge on any atom is 0.223 e. The lowest BCUT2D eigenvalue weighted by atomic mass is 9.75. The Bertz CT molecular complexity index is 291. The zero-order valence-corrected chi connectivity index (χ0v) is 12.1. The summed E-state index contributed by atoms with van der Waals surface area (Å²) in [4.78, 5) is 12.2. The van der Waals surface area contributed by atoms with Gasteiger partial charge in [-0.2, -0.15) is 0 Å². The molecular weight excluding hydrogens is 224 g/mol. The second-order valence-electron chi connectivity index (χ2n) is 7.02. The van der Waals surface area contributed by atoms with E-state index in [2.05, 4.69) is 31.4 Å². The van der Waals surface area contributed by atoms with Crippen molar-refractivity contribution >= 4 is 5.91 Å². The maximum absolute atomic E-state index is 12.2. The van der Waals surface area contributed by atoms with Crippen molar-refractivity contribution in [1.29, 1.82) is 0 Å². The molecule has 3 nitrogen and oxygen atoms in total. The molecule has 1 saturated heterocycles. The first-order chi connectivity index (χ1) is 8.46. The SMILES string of the molecule is C[C@H]1C[C@@H](C(=O)NC2CCC(C)(C)CC2)CCN1. The summed E-state index contributed by atoms with van der Waals surface area (Å²) < 4.78 is 0. The van der Waals surface area contributed by atoms with Gasteiger partial charge >= 0.3 is 0 Å². The third-order valence-electron chi connectivity index (χ3n) is 4.68. The summed E-state index contributed by atoms with van der Waals surface area (Å²) in [7, 11) is 0. The summed E-state index contributed by atoms with van der Waals surface area (Å²) in [5.74, 6) is 0.532. The van der Waals surface area contributed by atoms with Gasteiger partial charge in [0, 0.05) is 18.0 Å². The van der Waals surface area contributed by atoms with E-state index in [9.17, 15) is 4.79 Å². The topological polar surface area (TPSA) is 41.1 Å². The van der Waals surface area contributed by atoms with Crippen LogP contribution in [0.4, 0.5) is 0 Å². The summed E-state index contributed by atoms with van der Waals surface area (Å²) in [5, 5.41) is 6.68. The Labute approximate surface area is 111 Å². The highest BCUT2D eigenvalue weighted by Gasteiger charge is 2.30. The van der Waals surface area contributed by atoms with Gasteiger partial charge in [-0.3, -0.25) is 4.79 Å². The van der Waals surface area contributed by atoms with Crippen LogP contribution in [0, 0.1) is 11.3 Å². The van der Waals surface area contributed by atoms with Gasteiger partial charge in [-0.05, 0) is 57.4 Å². The van der Waals surface area contributed by atoms with E-state index in [1.807, 2.05) is 0 Å². The second kappa shape index (κ2) is 5.60. The van der Waals surface area contributed by atoms with Gasteiger partial charge in [-0.1, -0.05) is 13.8 Å². The number of hydrogen-bond donors (Lipinski definition) is 2. The largest absolute Gasteiger partial charge is 0.353 e. The first-order valence-electron chi connectivity index (χ1n) is 7.50. The molecule has 1 heterocycles. The average Bonchev–Trinajstić information content (AvgIpc) is 2.32. The molecule has 2 rings (SSSR count). The fraction of sp³-hybridized carbons (Fsp3) is 0.933. The summed E-state index contributed by atoms with van der Waals surface area (Å²) >= 11 is 0. The highest BCUT2D eigenvalue weighted by atomic mass is 16.1. The highest BCUT2D eigenvalue weighted by Crippen LogP contribution is 2.35. The Hall–Kier alpha value is -0.570. The normalized spacial score (nSPS) is 33.1. The minimum absolute atomic E-state index is 0.233. The number of carbonyl (C=O) groups excluding carboxylic acids is 1. The van der Waals surface area contributed by atoms with Crippen LogP contribution in [0.5, 0.6) is 0 Å². The lowest BCUT2D eigenvalue weighted by Gasteiger charge is -2.36. The minimum atomic E-state index is 0.233. The molecule has 1 saturated carbocycles. The lowest BCUT2D eigenvalue weighted by molar-refractivity contribution is -0.127. The first-order valence-corrected chi connectivity index (χ1v) is 7.50. The number of carbonyl (C=O) groups is 1. The van der Waals surface area contributed by atoms with Crippen LogP contribution in [0.1, 0.15) is 59.3 Å². The minimum Gasteiger partial charge on any atom is -0.353 e. The van der Waals surface area contributed by atoms with E-state index in [-0.39, 0.29) is 5.92 Å². The Balaban J connectivity index is 1.77. The molecule has 104 valence electrons. The van der Waals surface area contributed by atoms with E-state index in [1.165, 1.54) is 12.8 Å². The summed E-state index contributed by atoms with van der Waals surface area (Å²) in [6.45, 7) is 7.82. The van der Waals surface area contributed by atoms with Crippen molar-refractivity contribution in [2.24, 2.45) is 11.3 Å². The van der Waals surface area contributed by atoms with Gasteiger partial charge < -0.3 is 10.6 Å². The molecule has 18 heavy (non-hydrogen) atoms. The molecule has 0 aromatic carbocycles. The molecule has 2 N–H and O–H groups in total. The van der Waals surface area contributed by atoms with Crippen LogP contribution in [-0.2, 0) is 4.79 Å². The molecule has 0 unspecified atom stereocenters. The van der Waals surface area contributed by atoms with Gasteiger partial charge in [0.1, 0.15) is 0 Å². The Kier molecular flexibility index (Phi) is 4.31. The van der Waals surface area contributed by atoms with Gasteiger partial charge in [0.25, 0.3) is 0 Å². The molecule has 2 fully saturated rings. The van der Waals surface area contributed by atoms with Crippen LogP contribution in [0.15, 0.2) is 0 Å². The monoisotopic (exact) mass is 252 g/mol. The van der Waals surface area contributed by atoms with Crippen molar-refractivity contribution in [1.82, 2.24) is 10.6 Å². The van der Waals surface area contributed by atoms with E-state index in [0.717, 1.165) is 32.2 Å². The predicted molar refractivity (Wildman–Crippen MR) is 74.4 cm³/mol. The van der Waals surface area contributed by atoms with Crippen LogP contribution in [0.2, 0.25) is 0 Å². The zero-order valence-electron chi connectivity index (χ0n) is 12.1. The van der Waals surface area contributed by atoms with Crippen molar-refractivity contribution in [3.05, 3.63) is 0 Å². The average molecular weight is 252 g/mol. The zero-order chi connectivity index (χ0) is 13.2. The molecular formula is C15H28N2O. The summed E-state index contributed by atoms with van der Waals surface area (Å²) in [6.07, 6.45) is 6.76. The van der Waals surface area contributed by atoms with Crippen LogP contribution >= 0.6 is 0 Å². The third-order valence-corrected chi connectivity index (χ3v) is 4.68. The van der Waals surface area contributed by atoms with Crippen molar-refractivity contribution in [2.45, 2.75) is 71.4 Å². The van der Waals surface area contributed by atoms with E-state index < -0.39 is 0 Å². The number of piperidine rings is 1. The number of nitrogens with one attached hydrogen (secondary N) is 2. The van der Waals surface area contributed by atoms with E-state index in [0.29, 0.717) is 23.4 Å². The van der Waals surface area contributed by atoms with Gasteiger partial charge in [0.2, 0.25) is 5.91 Å². The molecule has 0 spiro atoms. The smallest absolute Gasteiger partial charge is 0.223 e. The van der Waals surface area contributed by atoms with Crippen molar-refractivity contribution in [3.8, 4) is 0 Å². The van der Waals surface area contributed by atoms with Crippen molar-refractivity contribution in [2.75, 3.05) is 6.54 Å². The highest BCUT2D eigenvalue weighted by molar-refractivity contribution is 5.79. The number of hydrogen-bond acceptors (Lipinski definition) is 2. The molecule has 1 aliphatic heterocycles. The predicted octanol–water partition coefficient (Wildman–Crippen LogP) is 2.46. The number of rotatable bonds is 2. The maximum atomic E-state index is 12.2. The molecule has 0 radical (unpaired) electrons. The van der Waals surface area contributed by atoms with Gasteiger partial charge in [-0.15, -0.1) is 0 Å². The van der Waals surface area contributed by atoms with Gasteiger partial charge in [0.05, 0.1) is 0 Å². The molecule has 0 bridgehead atoms. The Morgan fingerprint density at radius 3 is 2.50 bits per heavy atom. The Morgan fingerprint density at radius 1 is 1.22 bits per heavy atom. The first kappa shape index (κ1) is 13.9. The van der Waals surface area contributed by atoms with E-state index in [4.69, 9.17) is 0 Å². The quantitative estimate of drug-likeness (QED) is 0.792. The molecule has 1 amide bonds. The molecule has 2 atom stereocenters. The van der Waals surface area contributed by atoms with Crippen LogP contribution in [0.3, 0.4) is 0 Å². The third kappa shape index (κ3) is 3.71. The molecule has 3 heteroatoms. The van der Waals surface area contributed by atoms with Gasteiger partial charge in [-0.25, -0.2) is 0 Å². The fourth-order valence-electron chi connectivity index (χ4n) is 3.23. The van der Waals surface area contributed by atoms with Gasteiger partial charge in [0.15, 0.2) is 0 Å². The van der Waals surface area contributed by atoms with E-state index >= 15 is 0 Å². The summed E-state index contributed by atoms with van der Waals surface area (Å²) in [6, 6.07) is 0.913. The van der Waals surface area contributed by atoms with Crippen LogP contribution < -0.4 is 10.6 Å². The van der Waals surface area contributed by atoms with Crippen molar-refractivity contribution in [3.63, 3.8) is 0 Å². The molecule has 2 aliphatic rings. The molecule has 1 aliphatic carbocycles. The Morgan fingerprint density at radius 2 is 1.89 bits per heavy atom. The standard InChI is InChI=1S/C15H28N2O/c1-11-10-12(6-9-16-11)14(18)17-13-4-7-15(2,3)8-5-13/h11-13,16H,4-10H2,1-3H3,(H,17,18)/t11-,12-/m0/s1.